The van der Waals surface area contributed by atoms with Crippen molar-refractivity contribution >= 4 is 29.3 Å². The van der Waals surface area contributed by atoms with Crippen LogP contribution in [-0.4, -0.2) is 59.2 Å². The molecule has 1 aliphatic heterocycles. The van der Waals surface area contributed by atoms with E-state index in [-0.39, 0.29) is 36.2 Å². The minimum Gasteiger partial charge on any atom is -0.495 e. The molecule has 10 nitrogen and oxygen atoms in total. The van der Waals surface area contributed by atoms with E-state index in [1.54, 1.807) is 29.2 Å². The molecule has 2 aromatic carbocycles. The van der Waals surface area contributed by atoms with Crippen molar-refractivity contribution in [2.75, 3.05) is 30.9 Å². The summed E-state index contributed by atoms with van der Waals surface area (Å²) < 4.78 is 24.9. The zero-order valence-electron chi connectivity index (χ0n) is 20.6. The van der Waals surface area contributed by atoms with Gasteiger partial charge in [0.2, 0.25) is 11.8 Å². The van der Waals surface area contributed by atoms with Crippen molar-refractivity contribution in [1.29, 1.82) is 0 Å². The fourth-order valence-electron chi connectivity index (χ4n) is 4.17. The summed E-state index contributed by atoms with van der Waals surface area (Å²) in [7, 11) is 1.45. The first-order valence-electron chi connectivity index (χ1n) is 11.9. The van der Waals surface area contributed by atoms with Crippen LogP contribution in [0.1, 0.15) is 28.8 Å². The number of nitrogens with one attached hydrogen (secondary N) is 2. The number of anilines is 2. The highest BCUT2D eigenvalue weighted by atomic mass is 19.1. The Morgan fingerprint density at radius 3 is 2.61 bits per heavy atom. The van der Waals surface area contributed by atoms with E-state index in [0.29, 0.717) is 29.4 Å². The average Bonchev–Trinajstić information content (AvgIpc) is 3.39. The molecule has 3 N–H and O–H groups in total. The molecule has 1 aromatic heterocycles. The number of pyridine rings is 1. The Labute approximate surface area is 218 Å². The molecule has 198 valence electrons. The smallest absolute Gasteiger partial charge is 0.337 e. The van der Waals surface area contributed by atoms with Gasteiger partial charge in [0.15, 0.2) is 0 Å². The lowest BCUT2D eigenvalue weighted by atomic mass is 10.1. The number of amides is 3. The third-order valence-electron chi connectivity index (χ3n) is 6.10. The lowest BCUT2D eigenvalue weighted by molar-refractivity contribution is -0.131. The summed E-state index contributed by atoms with van der Waals surface area (Å²) in [4.78, 5) is 42.2. The van der Waals surface area contributed by atoms with Crippen LogP contribution in [0.2, 0.25) is 0 Å². The number of benzene rings is 2. The molecule has 0 spiro atoms. The van der Waals surface area contributed by atoms with Gasteiger partial charge in [-0.25, -0.2) is 19.0 Å². The molecule has 1 fully saturated rings. The van der Waals surface area contributed by atoms with E-state index in [1.165, 1.54) is 43.6 Å². The number of hydrogen-bond donors (Lipinski definition) is 3. The highest BCUT2D eigenvalue weighted by Gasteiger charge is 2.29. The molecule has 1 saturated heterocycles. The molecule has 4 rings (SSSR count). The van der Waals surface area contributed by atoms with E-state index < -0.39 is 17.8 Å². The molecule has 1 aliphatic rings. The van der Waals surface area contributed by atoms with Crippen LogP contribution in [0.5, 0.6) is 11.6 Å². The largest absolute Gasteiger partial charge is 0.495 e. The van der Waals surface area contributed by atoms with Gasteiger partial charge in [0.25, 0.3) is 0 Å². The second-order valence-corrected chi connectivity index (χ2v) is 8.65. The fraction of sp³-hybridized carbons (Fsp3) is 0.259. The van der Waals surface area contributed by atoms with E-state index in [2.05, 4.69) is 15.6 Å². The van der Waals surface area contributed by atoms with Crippen LogP contribution in [0.25, 0.3) is 0 Å². The van der Waals surface area contributed by atoms with Gasteiger partial charge in [0.1, 0.15) is 18.2 Å². The second kappa shape index (κ2) is 12.0. The molecule has 3 amide bonds. The zero-order chi connectivity index (χ0) is 27.1. The van der Waals surface area contributed by atoms with Gasteiger partial charge in [-0.2, -0.15) is 0 Å². The van der Waals surface area contributed by atoms with E-state index in [9.17, 15) is 18.8 Å². The maximum atomic E-state index is 13.8. The van der Waals surface area contributed by atoms with Gasteiger partial charge in [-0.05, 0) is 48.7 Å². The van der Waals surface area contributed by atoms with Crippen LogP contribution in [-0.2, 0) is 11.2 Å². The number of carboxylic acids is 1. The van der Waals surface area contributed by atoms with Gasteiger partial charge in [-0.3, -0.25) is 4.79 Å². The van der Waals surface area contributed by atoms with Crippen molar-refractivity contribution in [3.05, 3.63) is 77.7 Å². The van der Waals surface area contributed by atoms with Crippen molar-refractivity contribution < 1.29 is 33.4 Å². The number of aromatic nitrogens is 1. The molecule has 0 aliphatic carbocycles. The van der Waals surface area contributed by atoms with Gasteiger partial charge >= 0.3 is 12.0 Å². The number of urea groups is 1. The number of halogens is 1. The Kier molecular flexibility index (Phi) is 8.37. The van der Waals surface area contributed by atoms with Crippen molar-refractivity contribution in [2.24, 2.45) is 0 Å². The molecule has 1 atom stereocenters. The third kappa shape index (κ3) is 6.55. The number of aromatic carboxylic acids is 1. The number of rotatable bonds is 9. The number of para-hydroxylation sites is 1. The summed E-state index contributed by atoms with van der Waals surface area (Å²) in [5.41, 5.74) is 1.18. The second-order valence-electron chi connectivity index (χ2n) is 8.65. The maximum absolute atomic E-state index is 13.8. The summed E-state index contributed by atoms with van der Waals surface area (Å²) >= 11 is 0. The van der Waals surface area contributed by atoms with Gasteiger partial charge in [-0.1, -0.05) is 18.2 Å². The summed E-state index contributed by atoms with van der Waals surface area (Å²) in [6.45, 7) is 0.847. The van der Waals surface area contributed by atoms with Crippen molar-refractivity contribution in [3.8, 4) is 11.6 Å². The monoisotopic (exact) mass is 522 g/mol. The molecular formula is C27H27FN4O6. The summed E-state index contributed by atoms with van der Waals surface area (Å²) in [5.74, 6) is -1.05. The average molecular weight is 523 g/mol. The van der Waals surface area contributed by atoms with Crippen LogP contribution >= 0.6 is 0 Å². The van der Waals surface area contributed by atoms with Crippen molar-refractivity contribution in [2.45, 2.75) is 25.3 Å². The molecule has 11 heteroatoms. The first-order chi connectivity index (χ1) is 18.3. The molecule has 0 saturated carbocycles. The molecule has 0 radical (unpaired) electrons. The molecule has 1 unspecified atom stereocenters. The minimum absolute atomic E-state index is 0.0448. The summed E-state index contributed by atoms with van der Waals surface area (Å²) in [5, 5.41) is 14.1. The lowest BCUT2D eigenvalue weighted by Crippen LogP contribution is -2.40. The first-order valence-corrected chi connectivity index (χ1v) is 11.9. The topological polar surface area (TPSA) is 130 Å². The Morgan fingerprint density at radius 2 is 1.89 bits per heavy atom. The van der Waals surface area contributed by atoms with Crippen LogP contribution in [0.15, 0.2) is 60.8 Å². The van der Waals surface area contributed by atoms with E-state index in [0.717, 1.165) is 12.8 Å². The Hall–Kier alpha value is -4.67. The number of nitrogens with zero attached hydrogens (tertiary/aromatic N) is 2. The van der Waals surface area contributed by atoms with Crippen molar-refractivity contribution in [3.63, 3.8) is 0 Å². The number of methoxy groups -OCH3 is 1. The number of ether oxygens (including phenoxy) is 2. The number of likely N-dealkylation sites (tertiary alicyclic amines) is 1. The molecule has 0 bridgehead atoms. The first kappa shape index (κ1) is 26.4. The quantitative estimate of drug-likeness (QED) is 0.384. The van der Waals surface area contributed by atoms with Crippen LogP contribution < -0.4 is 20.1 Å². The summed E-state index contributed by atoms with van der Waals surface area (Å²) in [6, 6.07) is 13.0. The number of hydrogen-bond acceptors (Lipinski definition) is 6. The predicted octanol–water partition coefficient (Wildman–Crippen LogP) is 4.18. The molecule has 2 heterocycles. The maximum Gasteiger partial charge on any atom is 0.337 e. The zero-order valence-corrected chi connectivity index (χ0v) is 20.6. The number of carboxylic acid groups (broad SMARTS) is 1. The van der Waals surface area contributed by atoms with Crippen LogP contribution in [0.4, 0.5) is 20.6 Å². The van der Waals surface area contributed by atoms with Gasteiger partial charge < -0.3 is 30.1 Å². The predicted molar refractivity (Wildman–Crippen MR) is 137 cm³/mol. The highest BCUT2D eigenvalue weighted by molar-refractivity contribution is 6.00. The standard InChI is InChI=1S/C27H27FN4O6/c1-37-23-13-17(8-10-22(23)31-27(36)30-21-7-3-2-6-20(21)28)14-25(33)32-12-4-5-19(32)16-38-24-11-9-18(15-29-24)26(34)35/h2-3,6-11,13,15,19H,4-5,12,14,16H2,1H3,(H,34,35)(H2,30,31,36). The highest BCUT2D eigenvalue weighted by Crippen LogP contribution is 2.27. The minimum atomic E-state index is -1.07. The van der Waals surface area contributed by atoms with E-state index >= 15 is 0 Å². The van der Waals surface area contributed by atoms with E-state index in [4.69, 9.17) is 14.6 Å². The van der Waals surface area contributed by atoms with Crippen LogP contribution in [0, 0.1) is 5.82 Å². The third-order valence-corrected chi connectivity index (χ3v) is 6.10. The number of carbonyl (C=O) groups is 3. The Morgan fingerprint density at radius 1 is 1.11 bits per heavy atom. The van der Waals surface area contributed by atoms with Crippen molar-refractivity contribution in [1.82, 2.24) is 9.88 Å². The Bertz CT molecular complexity index is 1320. The van der Waals surface area contributed by atoms with Gasteiger partial charge in [0, 0.05) is 18.8 Å². The number of carbonyl (C=O) groups excluding carboxylic acids is 2. The van der Waals surface area contributed by atoms with Gasteiger partial charge in [-0.15, -0.1) is 0 Å². The van der Waals surface area contributed by atoms with E-state index in [1.807, 2.05) is 0 Å². The summed E-state index contributed by atoms with van der Waals surface area (Å²) in [6.07, 6.45) is 2.97. The Balaban J connectivity index is 1.34. The fourth-order valence-corrected chi connectivity index (χ4v) is 4.17. The van der Waals surface area contributed by atoms with Gasteiger partial charge in [0.05, 0.1) is 36.5 Å². The molecular weight excluding hydrogens is 495 g/mol. The lowest BCUT2D eigenvalue weighted by Gasteiger charge is -2.25. The SMILES string of the molecule is COc1cc(CC(=O)N2CCCC2COc2ccc(C(=O)O)cn2)ccc1NC(=O)Nc1ccccc1F. The molecule has 3 aromatic rings. The molecule has 38 heavy (non-hydrogen) atoms. The van der Waals surface area contributed by atoms with Crippen LogP contribution in [0.3, 0.4) is 0 Å². The normalized spacial score (nSPS) is 14.6.